The Morgan fingerprint density at radius 2 is 1.80 bits per heavy atom. The molecule has 0 bridgehead atoms. The third-order valence-electron chi connectivity index (χ3n) is 4.83. The van der Waals surface area contributed by atoms with E-state index in [1.54, 1.807) is 42.2 Å². The Bertz CT molecular complexity index is 1030. The smallest absolute Gasteiger partial charge is 0.271 e. The van der Waals surface area contributed by atoms with Crippen molar-refractivity contribution in [3.8, 4) is 0 Å². The Kier molecular flexibility index (Phi) is 6.56. The molecule has 9 nitrogen and oxygen atoms in total. The number of hydrogen-bond acceptors (Lipinski definition) is 6. The lowest BCUT2D eigenvalue weighted by molar-refractivity contribution is -0.384. The van der Waals surface area contributed by atoms with Crippen molar-refractivity contribution in [3.63, 3.8) is 0 Å². The number of non-ortho nitro benzene ring substituents is 1. The lowest BCUT2D eigenvalue weighted by atomic mass is 10.1. The molecule has 0 saturated carbocycles. The average Bonchev–Trinajstić information content (AvgIpc) is 2.73. The maximum absolute atomic E-state index is 12.9. The van der Waals surface area contributed by atoms with Crippen LogP contribution in [-0.4, -0.2) is 56.1 Å². The van der Waals surface area contributed by atoms with Crippen LogP contribution in [0.4, 0.5) is 17.1 Å². The summed E-state index contributed by atoms with van der Waals surface area (Å²) < 4.78 is 26.4. The Labute approximate surface area is 175 Å². The molecule has 1 saturated heterocycles. The second kappa shape index (κ2) is 9.12. The zero-order valence-electron chi connectivity index (χ0n) is 16.7. The third kappa shape index (κ3) is 5.26. The Morgan fingerprint density at radius 1 is 1.10 bits per heavy atom. The van der Waals surface area contributed by atoms with Gasteiger partial charge in [0.25, 0.3) is 11.6 Å². The highest BCUT2D eigenvalue weighted by atomic mass is 32.2. The van der Waals surface area contributed by atoms with Crippen LogP contribution in [0.1, 0.15) is 23.7 Å². The molecule has 1 amide bonds. The van der Waals surface area contributed by atoms with Crippen LogP contribution < -0.4 is 9.62 Å². The van der Waals surface area contributed by atoms with Gasteiger partial charge in [-0.15, -0.1) is 0 Å². The Hall–Kier alpha value is -3.14. The molecular weight excluding hydrogens is 408 g/mol. The first-order valence-corrected chi connectivity index (χ1v) is 11.3. The monoisotopic (exact) mass is 432 g/mol. The normalized spacial score (nSPS) is 14.4. The van der Waals surface area contributed by atoms with Gasteiger partial charge in [-0.2, -0.15) is 0 Å². The molecule has 2 aromatic rings. The molecule has 0 spiro atoms. The molecule has 0 aromatic heterocycles. The van der Waals surface area contributed by atoms with Crippen LogP contribution in [-0.2, 0) is 10.0 Å². The number of anilines is 2. The largest absolute Gasteiger partial charge is 0.368 e. The summed E-state index contributed by atoms with van der Waals surface area (Å²) in [5.41, 5.74) is 1.57. The maximum atomic E-state index is 12.9. The van der Waals surface area contributed by atoms with Gasteiger partial charge in [-0.3, -0.25) is 19.6 Å². The first-order chi connectivity index (χ1) is 14.3. The predicted octanol–water partition coefficient (Wildman–Crippen LogP) is 2.71. The molecule has 30 heavy (non-hydrogen) atoms. The fourth-order valence-corrected chi connectivity index (χ4v) is 4.49. The standard InChI is InChI=1S/C20H24N4O5S/c1-2-13-30(28,29)21-17-6-3-5-16(14-17)20(25)23-11-9-22(10-12-23)18-7-4-8-19(15-18)24(26)27/h3-8,14-15,21H,2,9-13H2,1H3. The minimum Gasteiger partial charge on any atom is -0.368 e. The second-order valence-electron chi connectivity index (χ2n) is 7.06. The quantitative estimate of drug-likeness (QED) is 0.532. The molecule has 1 fully saturated rings. The van der Waals surface area contributed by atoms with E-state index in [-0.39, 0.29) is 17.3 Å². The van der Waals surface area contributed by atoms with E-state index in [0.717, 1.165) is 5.69 Å². The summed E-state index contributed by atoms with van der Waals surface area (Å²) in [6.07, 6.45) is 0.503. The SMILES string of the molecule is CCCS(=O)(=O)Nc1cccc(C(=O)N2CCN(c3cccc([N+](=O)[O-])c3)CC2)c1. The number of amides is 1. The number of nitro benzene ring substituents is 1. The van der Waals surface area contributed by atoms with Crippen LogP contribution in [0, 0.1) is 10.1 Å². The number of carbonyl (C=O) groups is 1. The van der Waals surface area contributed by atoms with Gasteiger partial charge in [0.05, 0.1) is 10.7 Å². The molecule has 0 radical (unpaired) electrons. The first kappa shape index (κ1) is 21.6. The van der Waals surface area contributed by atoms with Crippen molar-refractivity contribution in [2.45, 2.75) is 13.3 Å². The minimum atomic E-state index is -3.43. The molecule has 0 unspecified atom stereocenters. The first-order valence-electron chi connectivity index (χ1n) is 9.68. The van der Waals surface area contributed by atoms with E-state index < -0.39 is 14.9 Å². The highest BCUT2D eigenvalue weighted by molar-refractivity contribution is 7.92. The van der Waals surface area contributed by atoms with Gasteiger partial charge in [-0.25, -0.2) is 8.42 Å². The van der Waals surface area contributed by atoms with Crippen molar-refractivity contribution < 1.29 is 18.1 Å². The van der Waals surface area contributed by atoms with Crippen LogP contribution >= 0.6 is 0 Å². The Balaban J connectivity index is 1.65. The molecule has 0 aliphatic carbocycles. The van der Waals surface area contributed by atoms with Gasteiger partial charge in [0.2, 0.25) is 10.0 Å². The summed E-state index contributed by atoms with van der Waals surface area (Å²) in [6.45, 7) is 3.82. The van der Waals surface area contributed by atoms with E-state index >= 15 is 0 Å². The van der Waals surface area contributed by atoms with Crippen molar-refractivity contribution in [3.05, 3.63) is 64.2 Å². The zero-order chi connectivity index (χ0) is 21.7. The van der Waals surface area contributed by atoms with Crippen molar-refractivity contribution in [1.82, 2.24) is 4.90 Å². The summed E-state index contributed by atoms with van der Waals surface area (Å²) in [6, 6.07) is 12.9. The number of nitrogens with zero attached hydrogens (tertiary/aromatic N) is 3. The predicted molar refractivity (Wildman–Crippen MR) is 115 cm³/mol. The topological polar surface area (TPSA) is 113 Å². The van der Waals surface area contributed by atoms with E-state index in [2.05, 4.69) is 4.72 Å². The number of rotatable bonds is 7. The zero-order valence-corrected chi connectivity index (χ0v) is 17.5. The molecule has 2 aromatic carbocycles. The number of piperazine rings is 1. The van der Waals surface area contributed by atoms with Gasteiger partial charge in [-0.1, -0.05) is 19.1 Å². The molecule has 1 heterocycles. The van der Waals surface area contributed by atoms with Crippen molar-refractivity contribution in [1.29, 1.82) is 0 Å². The van der Waals surface area contributed by atoms with Gasteiger partial charge in [0, 0.05) is 55.2 Å². The van der Waals surface area contributed by atoms with E-state index in [1.165, 1.54) is 12.1 Å². The van der Waals surface area contributed by atoms with E-state index in [4.69, 9.17) is 0 Å². The molecule has 1 aliphatic heterocycles. The molecular formula is C20H24N4O5S. The van der Waals surface area contributed by atoms with Gasteiger partial charge >= 0.3 is 0 Å². The van der Waals surface area contributed by atoms with Gasteiger partial charge in [0.1, 0.15) is 0 Å². The highest BCUT2D eigenvalue weighted by Gasteiger charge is 2.23. The van der Waals surface area contributed by atoms with Crippen molar-refractivity contribution >= 4 is 33.0 Å². The maximum Gasteiger partial charge on any atom is 0.271 e. The number of carbonyl (C=O) groups excluding carboxylic acids is 1. The highest BCUT2D eigenvalue weighted by Crippen LogP contribution is 2.23. The fourth-order valence-electron chi connectivity index (χ4n) is 3.37. The summed E-state index contributed by atoms with van der Waals surface area (Å²) in [5, 5.41) is 11.0. The van der Waals surface area contributed by atoms with Gasteiger partial charge in [-0.05, 0) is 30.7 Å². The van der Waals surface area contributed by atoms with Crippen LogP contribution in [0.5, 0.6) is 0 Å². The van der Waals surface area contributed by atoms with Crippen molar-refractivity contribution in [2.75, 3.05) is 41.6 Å². The fraction of sp³-hybridized carbons (Fsp3) is 0.350. The second-order valence-corrected chi connectivity index (χ2v) is 8.90. The molecule has 1 aliphatic rings. The lowest BCUT2D eigenvalue weighted by Crippen LogP contribution is -2.48. The van der Waals surface area contributed by atoms with Gasteiger partial charge < -0.3 is 9.80 Å². The number of sulfonamides is 1. The average molecular weight is 433 g/mol. The minimum absolute atomic E-state index is 0.0186. The third-order valence-corrected chi connectivity index (χ3v) is 6.32. The number of nitrogens with one attached hydrogen (secondary N) is 1. The lowest BCUT2D eigenvalue weighted by Gasteiger charge is -2.36. The van der Waals surface area contributed by atoms with E-state index in [1.807, 2.05) is 11.0 Å². The van der Waals surface area contributed by atoms with Gasteiger partial charge in [0.15, 0.2) is 0 Å². The number of nitro groups is 1. The van der Waals surface area contributed by atoms with E-state index in [0.29, 0.717) is 43.9 Å². The van der Waals surface area contributed by atoms with E-state index in [9.17, 15) is 23.3 Å². The molecule has 3 rings (SSSR count). The summed E-state index contributed by atoms with van der Waals surface area (Å²) >= 11 is 0. The molecule has 1 N–H and O–H groups in total. The van der Waals surface area contributed by atoms with Crippen LogP contribution in [0.2, 0.25) is 0 Å². The molecule has 10 heteroatoms. The van der Waals surface area contributed by atoms with Crippen LogP contribution in [0.3, 0.4) is 0 Å². The Morgan fingerprint density at radius 3 is 2.47 bits per heavy atom. The number of hydrogen-bond donors (Lipinski definition) is 1. The summed E-state index contributed by atoms with van der Waals surface area (Å²) in [5.74, 6) is -0.157. The summed E-state index contributed by atoms with van der Waals surface area (Å²) in [7, 11) is -3.43. The van der Waals surface area contributed by atoms with Crippen molar-refractivity contribution in [2.24, 2.45) is 0 Å². The summed E-state index contributed by atoms with van der Waals surface area (Å²) in [4.78, 5) is 27.1. The number of benzene rings is 2. The molecule has 0 atom stereocenters. The molecule has 160 valence electrons. The van der Waals surface area contributed by atoms with Crippen LogP contribution in [0.25, 0.3) is 0 Å². The van der Waals surface area contributed by atoms with Crippen LogP contribution in [0.15, 0.2) is 48.5 Å².